The quantitative estimate of drug-likeness (QED) is 0.833. The summed E-state index contributed by atoms with van der Waals surface area (Å²) in [7, 11) is 0. The minimum Gasteiger partial charge on any atom is -0.273 e. The Hall–Kier alpha value is -2.70. The average Bonchev–Trinajstić information content (AvgIpc) is 3.29. The topological polar surface area (TPSA) is 93.1 Å². The third-order valence-corrected chi connectivity index (χ3v) is 4.28. The fraction of sp³-hybridized carbons (Fsp3) is 0.412. The van der Waals surface area contributed by atoms with Gasteiger partial charge in [-0.25, -0.2) is 4.68 Å². The van der Waals surface area contributed by atoms with Crippen LogP contribution in [-0.4, -0.2) is 21.6 Å². The molecule has 24 heavy (non-hydrogen) atoms. The van der Waals surface area contributed by atoms with Gasteiger partial charge in [-0.3, -0.25) is 25.2 Å². The lowest BCUT2D eigenvalue weighted by molar-refractivity contribution is -0.123. The number of amides is 2. The van der Waals surface area contributed by atoms with Gasteiger partial charge in [0, 0.05) is 11.3 Å². The van der Waals surface area contributed by atoms with E-state index in [4.69, 9.17) is 0 Å². The van der Waals surface area contributed by atoms with Gasteiger partial charge >= 0.3 is 0 Å². The van der Waals surface area contributed by atoms with E-state index in [1.165, 1.54) is 4.68 Å². The normalized spacial score (nSPS) is 19.3. The van der Waals surface area contributed by atoms with Crippen LogP contribution in [0, 0.1) is 11.8 Å². The van der Waals surface area contributed by atoms with Crippen molar-refractivity contribution in [2.45, 2.75) is 33.2 Å². The molecule has 7 heteroatoms. The van der Waals surface area contributed by atoms with Gasteiger partial charge in [0.15, 0.2) is 5.69 Å². The van der Waals surface area contributed by atoms with Crippen LogP contribution in [0.1, 0.15) is 43.7 Å². The molecule has 0 saturated heterocycles. The summed E-state index contributed by atoms with van der Waals surface area (Å²) in [6.45, 7) is 5.63. The largest absolute Gasteiger partial charge is 0.290 e. The van der Waals surface area contributed by atoms with E-state index < -0.39 is 5.91 Å². The van der Waals surface area contributed by atoms with Crippen molar-refractivity contribution in [2.24, 2.45) is 11.8 Å². The Morgan fingerprint density at radius 1 is 1.21 bits per heavy atom. The lowest BCUT2D eigenvalue weighted by Crippen LogP contribution is -2.43. The SMILES string of the molecule is CC1CC1C(=O)NNC(=O)c1nn(C(C)C)c(=O)c2ccccc12. The van der Waals surface area contributed by atoms with Gasteiger partial charge < -0.3 is 0 Å². The maximum Gasteiger partial charge on any atom is 0.290 e. The van der Waals surface area contributed by atoms with Crippen molar-refractivity contribution in [2.75, 3.05) is 0 Å². The van der Waals surface area contributed by atoms with E-state index in [0.29, 0.717) is 16.7 Å². The summed E-state index contributed by atoms with van der Waals surface area (Å²) >= 11 is 0. The van der Waals surface area contributed by atoms with Crippen molar-refractivity contribution in [3.63, 3.8) is 0 Å². The molecule has 0 bridgehead atoms. The number of benzene rings is 1. The number of carbonyl (C=O) groups is 2. The highest BCUT2D eigenvalue weighted by Gasteiger charge is 2.39. The fourth-order valence-electron chi connectivity index (χ4n) is 2.68. The standard InChI is InChI=1S/C17H20N4O3/c1-9(2)21-17(24)12-7-5-4-6-11(12)14(20-21)16(23)19-18-15(22)13-8-10(13)3/h4-7,9-10,13H,8H2,1-3H3,(H,18,22)(H,19,23). The molecule has 1 aliphatic carbocycles. The Kier molecular flexibility index (Phi) is 4.09. The second kappa shape index (κ2) is 6.07. The Morgan fingerprint density at radius 2 is 1.83 bits per heavy atom. The van der Waals surface area contributed by atoms with Crippen molar-refractivity contribution in [1.29, 1.82) is 0 Å². The maximum atomic E-state index is 12.5. The predicted molar refractivity (Wildman–Crippen MR) is 89.3 cm³/mol. The van der Waals surface area contributed by atoms with Crippen LogP contribution >= 0.6 is 0 Å². The number of hydrogen-bond acceptors (Lipinski definition) is 4. The number of hydrogen-bond donors (Lipinski definition) is 2. The smallest absolute Gasteiger partial charge is 0.273 e. The molecule has 1 fully saturated rings. The summed E-state index contributed by atoms with van der Waals surface area (Å²) in [5.41, 5.74) is 4.71. The van der Waals surface area contributed by atoms with Crippen LogP contribution in [0.25, 0.3) is 10.8 Å². The first kappa shape index (κ1) is 16.2. The van der Waals surface area contributed by atoms with Crippen LogP contribution < -0.4 is 16.4 Å². The molecule has 0 radical (unpaired) electrons. The summed E-state index contributed by atoms with van der Waals surface area (Å²) < 4.78 is 1.28. The summed E-state index contributed by atoms with van der Waals surface area (Å²) in [6, 6.07) is 6.64. The van der Waals surface area contributed by atoms with E-state index in [9.17, 15) is 14.4 Å². The van der Waals surface area contributed by atoms with Crippen LogP contribution in [0.2, 0.25) is 0 Å². The summed E-state index contributed by atoms with van der Waals surface area (Å²) in [5, 5.41) is 5.08. The lowest BCUT2D eigenvalue weighted by atomic mass is 10.1. The van der Waals surface area contributed by atoms with Crippen LogP contribution in [0.4, 0.5) is 0 Å². The average molecular weight is 328 g/mol. The molecule has 7 nitrogen and oxygen atoms in total. The van der Waals surface area contributed by atoms with Gasteiger partial charge in [-0.1, -0.05) is 25.1 Å². The summed E-state index contributed by atoms with van der Waals surface area (Å²) in [5.74, 6) is -0.428. The van der Waals surface area contributed by atoms with Gasteiger partial charge in [-0.05, 0) is 32.3 Å². The van der Waals surface area contributed by atoms with Crippen molar-refractivity contribution < 1.29 is 9.59 Å². The van der Waals surface area contributed by atoms with Gasteiger partial charge in [-0.15, -0.1) is 0 Å². The minimum absolute atomic E-state index is 0.0420. The van der Waals surface area contributed by atoms with Crippen molar-refractivity contribution in [3.05, 3.63) is 40.3 Å². The lowest BCUT2D eigenvalue weighted by Gasteiger charge is -2.13. The highest BCUT2D eigenvalue weighted by atomic mass is 16.2. The molecule has 2 aromatic rings. The molecule has 1 aliphatic rings. The highest BCUT2D eigenvalue weighted by molar-refractivity contribution is 6.05. The number of rotatable bonds is 3. The molecule has 2 unspecified atom stereocenters. The van der Waals surface area contributed by atoms with E-state index >= 15 is 0 Å². The zero-order valence-electron chi connectivity index (χ0n) is 13.9. The first-order valence-corrected chi connectivity index (χ1v) is 8.02. The van der Waals surface area contributed by atoms with E-state index in [2.05, 4.69) is 16.0 Å². The van der Waals surface area contributed by atoms with E-state index in [-0.39, 0.29) is 29.1 Å². The Bertz CT molecular complexity index is 872. The molecule has 1 saturated carbocycles. The first-order valence-electron chi connectivity index (χ1n) is 8.02. The van der Waals surface area contributed by atoms with Gasteiger partial charge in [0.25, 0.3) is 11.5 Å². The van der Waals surface area contributed by atoms with E-state index in [1.54, 1.807) is 24.3 Å². The zero-order chi connectivity index (χ0) is 17.4. The number of hydrazine groups is 1. The van der Waals surface area contributed by atoms with Gasteiger partial charge in [0.05, 0.1) is 11.4 Å². The zero-order valence-corrected chi connectivity index (χ0v) is 13.9. The van der Waals surface area contributed by atoms with E-state index in [1.807, 2.05) is 20.8 Å². The summed E-state index contributed by atoms with van der Waals surface area (Å²) in [6.07, 6.45) is 0.834. The van der Waals surface area contributed by atoms with Crippen molar-refractivity contribution in [3.8, 4) is 0 Å². The minimum atomic E-state index is -0.540. The molecule has 1 aromatic heterocycles. The third-order valence-electron chi connectivity index (χ3n) is 4.28. The first-order chi connectivity index (χ1) is 11.4. The molecule has 1 heterocycles. The molecule has 1 aromatic carbocycles. The van der Waals surface area contributed by atoms with Gasteiger partial charge in [0.2, 0.25) is 5.91 Å². The van der Waals surface area contributed by atoms with Gasteiger partial charge in [0.1, 0.15) is 0 Å². The van der Waals surface area contributed by atoms with Crippen molar-refractivity contribution in [1.82, 2.24) is 20.6 Å². The molecule has 2 atom stereocenters. The Balaban J connectivity index is 1.92. The fourth-order valence-corrected chi connectivity index (χ4v) is 2.68. The predicted octanol–water partition coefficient (Wildman–Crippen LogP) is 1.39. The molecule has 126 valence electrons. The monoisotopic (exact) mass is 328 g/mol. The highest BCUT2D eigenvalue weighted by Crippen LogP contribution is 2.37. The molecule has 2 amide bonds. The number of fused-ring (bicyclic) bond motifs is 1. The number of aromatic nitrogens is 2. The van der Waals surface area contributed by atoms with Crippen LogP contribution in [0.3, 0.4) is 0 Å². The number of nitrogens with one attached hydrogen (secondary N) is 2. The molecule has 0 aliphatic heterocycles. The molecule has 3 rings (SSSR count). The van der Waals surface area contributed by atoms with Crippen LogP contribution in [-0.2, 0) is 4.79 Å². The second-order valence-electron chi connectivity index (χ2n) is 6.50. The molecular weight excluding hydrogens is 308 g/mol. The maximum absolute atomic E-state index is 12.5. The van der Waals surface area contributed by atoms with Crippen LogP contribution in [0.5, 0.6) is 0 Å². The van der Waals surface area contributed by atoms with Gasteiger partial charge in [-0.2, -0.15) is 5.10 Å². The van der Waals surface area contributed by atoms with Crippen LogP contribution in [0.15, 0.2) is 29.1 Å². The number of carbonyl (C=O) groups excluding carboxylic acids is 2. The summed E-state index contributed by atoms with van der Waals surface area (Å²) in [4.78, 5) is 36.8. The Labute approximate surface area is 139 Å². The third kappa shape index (κ3) is 2.89. The molecule has 2 N–H and O–H groups in total. The second-order valence-corrected chi connectivity index (χ2v) is 6.50. The molecule has 0 spiro atoms. The van der Waals surface area contributed by atoms with E-state index in [0.717, 1.165) is 6.42 Å². The number of nitrogens with zero attached hydrogens (tertiary/aromatic N) is 2. The molecular formula is C17H20N4O3. The van der Waals surface area contributed by atoms with Crippen molar-refractivity contribution >= 4 is 22.6 Å². The Morgan fingerprint density at radius 3 is 2.42 bits per heavy atom.